The van der Waals surface area contributed by atoms with Crippen LogP contribution in [-0.4, -0.2) is 42.5 Å². The van der Waals surface area contributed by atoms with Gasteiger partial charge in [0.1, 0.15) is 6.23 Å². The van der Waals surface area contributed by atoms with Gasteiger partial charge in [-0.25, -0.2) is 0 Å². The molecule has 1 rings (SSSR count). The molecule has 1 aliphatic rings. The molecule has 110 valence electrons. The van der Waals surface area contributed by atoms with Gasteiger partial charge in [0.25, 0.3) is 0 Å². The molecule has 1 aliphatic heterocycles. The van der Waals surface area contributed by atoms with E-state index in [0.29, 0.717) is 6.42 Å². The topological polar surface area (TPSA) is 66.8 Å². The Balaban J connectivity index is 2.69. The minimum atomic E-state index is -1.95. The summed E-state index contributed by atoms with van der Waals surface area (Å²) in [6.45, 7) is 12.5. The summed E-state index contributed by atoms with van der Waals surface area (Å²) < 4.78 is 6.14. The summed E-state index contributed by atoms with van der Waals surface area (Å²) >= 11 is 0. The largest absolute Gasteiger partial charge is 0.481 e. The van der Waals surface area contributed by atoms with E-state index in [4.69, 9.17) is 9.53 Å². The Morgan fingerprint density at radius 3 is 2.42 bits per heavy atom. The Bertz CT molecular complexity index is 375. The highest BCUT2D eigenvalue weighted by atomic mass is 28.4. The Kier molecular flexibility index (Phi) is 4.46. The molecule has 1 saturated heterocycles. The highest BCUT2D eigenvalue weighted by molar-refractivity contribution is 6.74. The van der Waals surface area contributed by atoms with E-state index in [1.54, 1.807) is 4.90 Å². The molecule has 6 heteroatoms. The number of carbonyl (C=O) groups excluding carboxylic acids is 1. The highest BCUT2D eigenvalue weighted by Crippen LogP contribution is 2.38. The van der Waals surface area contributed by atoms with E-state index in [9.17, 15) is 9.59 Å². The van der Waals surface area contributed by atoms with Crippen LogP contribution in [0.5, 0.6) is 0 Å². The quantitative estimate of drug-likeness (QED) is 0.623. The molecule has 1 heterocycles. The lowest BCUT2D eigenvalue weighted by Crippen LogP contribution is -2.60. The van der Waals surface area contributed by atoms with E-state index >= 15 is 0 Å². The molecular formula is C13H25NO4Si. The van der Waals surface area contributed by atoms with Gasteiger partial charge in [0.05, 0.1) is 12.5 Å². The van der Waals surface area contributed by atoms with E-state index < -0.39 is 14.3 Å². The number of aliphatic carboxylic acids is 1. The number of amides is 1. The molecule has 2 atom stereocenters. The molecule has 0 aromatic heterocycles. The van der Waals surface area contributed by atoms with Crippen molar-refractivity contribution >= 4 is 20.2 Å². The molecular weight excluding hydrogens is 262 g/mol. The van der Waals surface area contributed by atoms with Crippen molar-refractivity contribution < 1.29 is 19.1 Å². The van der Waals surface area contributed by atoms with Crippen LogP contribution in [0.1, 0.15) is 40.5 Å². The maximum Gasteiger partial charge on any atom is 0.305 e. The molecule has 19 heavy (non-hydrogen) atoms. The van der Waals surface area contributed by atoms with Crippen LogP contribution in [0.3, 0.4) is 0 Å². The molecule has 5 nitrogen and oxygen atoms in total. The minimum absolute atomic E-state index is 0.00303. The van der Waals surface area contributed by atoms with Crippen molar-refractivity contribution in [3.05, 3.63) is 0 Å². The molecule has 0 bridgehead atoms. The van der Waals surface area contributed by atoms with E-state index in [0.717, 1.165) is 0 Å². The maximum atomic E-state index is 11.7. The van der Waals surface area contributed by atoms with E-state index in [-0.39, 0.29) is 29.6 Å². The first-order valence-electron chi connectivity index (χ1n) is 6.66. The third-order valence-corrected chi connectivity index (χ3v) is 8.71. The van der Waals surface area contributed by atoms with Gasteiger partial charge in [-0.1, -0.05) is 20.8 Å². The molecule has 1 fully saturated rings. The summed E-state index contributed by atoms with van der Waals surface area (Å²) in [5.74, 6) is -0.889. The Morgan fingerprint density at radius 1 is 1.53 bits per heavy atom. The summed E-state index contributed by atoms with van der Waals surface area (Å²) in [4.78, 5) is 24.0. The van der Waals surface area contributed by atoms with Crippen molar-refractivity contribution in [2.45, 2.75) is 70.9 Å². The van der Waals surface area contributed by atoms with Gasteiger partial charge >= 0.3 is 5.97 Å². The number of carboxylic acid groups (broad SMARTS) is 1. The van der Waals surface area contributed by atoms with Crippen molar-refractivity contribution in [3.63, 3.8) is 0 Å². The second-order valence-electron chi connectivity index (χ2n) is 6.73. The number of nitrogens with zero attached hydrogens (tertiary/aromatic N) is 1. The van der Waals surface area contributed by atoms with E-state index in [1.165, 1.54) is 0 Å². The summed E-state index contributed by atoms with van der Waals surface area (Å²) in [5.41, 5.74) is 0. The van der Waals surface area contributed by atoms with Gasteiger partial charge in [0.15, 0.2) is 8.32 Å². The third kappa shape index (κ3) is 3.57. The van der Waals surface area contributed by atoms with Crippen LogP contribution in [0.25, 0.3) is 0 Å². The van der Waals surface area contributed by atoms with Crippen LogP contribution >= 0.6 is 0 Å². The molecule has 0 aromatic carbocycles. The lowest BCUT2D eigenvalue weighted by molar-refractivity contribution is -0.162. The number of carboxylic acids is 1. The first kappa shape index (κ1) is 16.2. The molecule has 1 N–H and O–H groups in total. The molecule has 0 radical (unpaired) electrons. The van der Waals surface area contributed by atoms with Gasteiger partial charge in [0.2, 0.25) is 5.91 Å². The van der Waals surface area contributed by atoms with Gasteiger partial charge in [-0.2, -0.15) is 0 Å². The van der Waals surface area contributed by atoms with Crippen LogP contribution in [0.15, 0.2) is 0 Å². The number of hydrogen-bond donors (Lipinski definition) is 1. The van der Waals surface area contributed by atoms with Crippen LogP contribution in [0.2, 0.25) is 18.1 Å². The fraction of sp³-hybridized carbons (Fsp3) is 0.846. The second kappa shape index (κ2) is 5.24. The Labute approximate surface area is 116 Å². The normalized spacial score (nSPS) is 22.1. The average Bonchev–Trinajstić information content (AvgIpc) is 2.12. The van der Waals surface area contributed by atoms with E-state index in [1.807, 2.05) is 6.92 Å². The molecule has 0 aliphatic carbocycles. The Hall–Kier alpha value is -0.883. The minimum Gasteiger partial charge on any atom is -0.481 e. The van der Waals surface area contributed by atoms with Gasteiger partial charge in [0, 0.05) is 6.42 Å². The number of rotatable bonds is 5. The first-order chi connectivity index (χ1) is 8.45. The van der Waals surface area contributed by atoms with Gasteiger partial charge < -0.3 is 14.4 Å². The zero-order valence-corrected chi connectivity index (χ0v) is 13.7. The van der Waals surface area contributed by atoms with Gasteiger partial charge in [-0.3, -0.25) is 9.59 Å². The van der Waals surface area contributed by atoms with E-state index in [2.05, 4.69) is 33.9 Å². The van der Waals surface area contributed by atoms with Crippen LogP contribution < -0.4 is 0 Å². The Morgan fingerprint density at radius 2 is 2.05 bits per heavy atom. The number of β-lactam (4-membered cyclic amide) rings is 1. The molecule has 0 aromatic rings. The van der Waals surface area contributed by atoms with Crippen molar-refractivity contribution in [2.75, 3.05) is 0 Å². The number of likely N-dealkylation sites (tertiary alicyclic amines) is 1. The average molecular weight is 287 g/mol. The number of hydrogen-bond acceptors (Lipinski definition) is 3. The highest BCUT2D eigenvalue weighted by Gasteiger charge is 2.45. The lowest BCUT2D eigenvalue weighted by Gasteiger charge is -2.47. The third-order valence-electron chi connectivity index (χ3n) is 4.16. The van der Waals surface area contributed by atoms with Crippen molar-refractivity contribution in [1.82, 2.24) is 4.90 Å². The summed E-state index contributed by atoms with van der Waals surface area (Å²) in [5, 5.41) is 8.89. The van der Waals surface area contributed by atoms with Crippen LogP contribution in [-0.2, 0) is 14.0 Å². The monoisotopic (exact) mass is 287 g/mol. The first-order valence-corrected chi connectivity index (χ1v) is 9.57. The van der Waals surface area contributed by atoms with Gasteiger partial charge in [-0.15, -0.1) is 0 Å². The van der Waals surface area contributed by atoms with Crippen molar-refractivity contribution in [1.29, 1.82) is 0 Å². The van der Waals surface area contributed by atoms with Crippen LogP contribution in [0.4, 0.5) is 0 Å². The number of carbonyl (C=O) groups is 2. The molecule has 0 saturated carbocycles. The molecule has 1 amide bonds. The zero-order valence-electron chi connectivity index (χ0n) is 12.7. The standard InChI is InChI=1S/C13H25NO4Si/c1-9(18-19(5,6)13(2,3)4)14-10(7-11(14)15)8-12(16)17/h9-10H,7-8H2,1-6H3,(H,16,17)/t9-,10?/m1/s1. The lowest BCUT2D eigenvalue weighted by atomic mass is 9.98. The second-order valence-corrected chi connectivity index (χ2v) is 11.5. The summed E-state index contributed by atoms with van der Waals surface area (Å²) in [6, 6.07) is -0.218. The predicted molar refractivity (Wildman–Crippen MR) is 75.2 cm³/mol. The maximum absolute atomic E-state index is 11.7. The van der Waals surface area contributed by atoms with Crippen molar-refractivity contribution in [3.8, 4) is 0 Å². The molecule has 0 spiro atoms. The fourth-order valence-electron chi connectivity index (χ4n) is 2.03. The fourth-order valence-corrected chi connectivity index (χ4v) is 3.35. The predicted octanol–water partition coefficient (Wildman–Crippen LogP) is 2.43. The molecule has 1 unspecified atom stereocenters. The van der Waals surface area contributed by atoms with Gasteiger partial charge in [-0.05, 0) is 25.1 Å². The summed E-state index contributed by atoms with van der Waals surface area (Å²) in [7, 11) is -1.95. The smallest absolute Gasteiger partial charge is 0.305 e. The van der Waals surface area contributed by atoms with Crippen molar-refractivity contribution in [2.24, 2.45) is 0 Å². The SMILES string of the molecule is C[C@@H](O[Si](C)(C)C(C)(C)C)N1C(=O)CC1CC(=O)O. The zero-order chi connectivity index (χ0) is 15.0. The summed E-state index contributed by atoms with van der Waals surface area (Å²) in [6.07, 6.45) is -0.0273. The van der Waals surface area contributed by atoms with Crippen LogP contribution in [0, 0.1) is 0 Å².